The van der Waals surface area contributed by atoms with Crippen LogP contribution in [0.25, 0.3) is 0 Å². The smallest absolute Gasteiger partial charge is 0.0762 e. The Labute approximate surface area is 131 Å². The molecule has 1 aromatic carbocycles. The van der Waals surface area contributed by atoms with E-state index in [1.807, 2.05) is 18.2 Å². The minimum Gasteiger partial charge on any atom is -0.303 e. The van der Waals surface area contributed by atoms with Crippen molar-refractivity contribution in [2.75, 3.05) is 5.88 Å². The molecule has 0 radical (unpaired) electrons. The summed E-state index contributed by atoms with van der Waals surface area (Å²) in [4.78, 5) is 0. The highest BCUT2D eigenvalue weighted by Crippen LogP contribution is 2.28. The van der Waals surface area contributed by atoms with Crippen molar-refractivity contribution in [1.29, 1.82) is 0 Å². The summed E-state index contributed by atoms with van der Waals surface area (Å²) in [7, 11) is 0. The zero-order chi connectivity index (χ0) is 14.5. The van der Waals surface area contributed by atoms with Gasteiger partial charge in [0, 0.05) is 24.7 Å². The summed E-state index contributed by atoms with van der Waals surface area (Å²) in [5.41, 5.74) is 2.32. The summed E-state index contributed by atoms with van der Waals surface area (Å²) in [6.07, 6.45) is 7.32. The third-order valence-corrected chi connectivity index (χ3v) is 4.56. The molecule has 0 bridgehead atoms. The van der Waals surface area contributed by atoms with Crippen molar-refractivity contribution in [3.63, 3.8) is 0 Å². The second kappa shape index (κ2) is 7.10. The number of hydrogen-bond donors (Lipinski definition) is 1. The van der Waals surface area contributed by atoms with Gasteiger partial charge in [-0.2, -0.15) is 5.10 Å². The number of benzene rings is 1. The highest BCUT2D eigenvalue weighted by molar-refractivity contribution is 6.18. The van der Waals surface area contributed by atoms with Gasteiger partial charge >= 0.3 is 0 Å². The number of nitrogens with zero attached hydrogens (tertiary/aromatic N) is 2. The van der Waals surface area contributed by atoms with Crippen molar-refractivity contribution in [3.8, 4) is 0 Å². The lowest BCUT2D eigenvalue weighted by atomic mass is 10.1. The molecule has 1 saturated carbocycles. The highest BCUT2D eigenvalue weighted by atomic mass is 35.5. The molecule has 1 atom stereocenters. The fraction of sp³-hybridized carbons (Fsp3) is 0.471. The van der Waals surface area contributed by atoms with Crippen molar-refractivity contribution < 1.29 is 0 Å². The van der Waals surface area contributed by atoms with Gasteiger partial charge in [0.1, 0.15) is 0 Å². The van der Waals surface area contributed by atoms with Crippen molar-refractivity contribution >= 4 is 11.6 Å². The van der Waals surface area contributed by atoms with E-state index in [-0.39, 0.29) is 6.04 Å². The molecule has 0 spiro atoms. The molecular weight excluding hydrogens is 282 g/mol. The number of rotatable bonds is 6. The first-order chi connectivity index (χ1) is 10.4. The molecule has 3 rings (SSSR count). The highest BCUT2D eigenvalue weighted by Gasteiger charge is 2.17. The van der Waals surface area contributed by atoms with E-state index in [2.05, 4.69) is 34.4 Å². The molecule has 1 unspecified atom stereocenters. The third-order valence-electron chi connectivity index (χ3n) is 4.25. The van der Waals surface area contributed by atoms with E-state index in [1.54, 1.807) is 0 Å². The fourth-order valence-corrected chi connectivity index (χ4v) is 3.31. The van der Waals surface area contributed by atoms with E-state index in [9.17, 15) is 0 Å². The largest absolute Gasteiger partial charge is 0.303 e. The van der Waals surface area contributed by atoms with Crippen molar-refractivity contribution in [3.05, 3.63) is 53.9 Å². The lowest BCUT2D eigenvalue weighted by Gasteiger charge is -2.15. The molecule has 0 saturated heterocycles. The van der Waals surface area contributed by atoms with Crippen molar-refractivity contribution in [1.82, 2.24) is 15.1 Å². The van der Waals surface area contributed by atoms with Gasteiger partial charge in [0.25, 0.3) is 0 Å². The van der Waals surface area contributed by atoms with E-state index in [4.69, 9.17) is 16.7 Å². The summed E-state index contributed by atoms with van der Waals surface area (Å²) < 4.78 is 2.14. The first-order valence-electron chi connectivity index (χ1n) is 7.75. The molecule has 1 fully saturated rings. The summed E-state index contributed by atoms with van der Waals surface area (Å²) in [5.74, 6) is 0.563. The number of nitrogens with one attached hydrogen (secondary N) is 1. The van der Waals surface area contributed by atoms with Crippen LogP contribution < -0.4 is 5.32 Å². The van der Waals surface area contributed by atoms with Gasteiger partial charge in [0.05, 0.1) is 11.7 Å². The Morgan fingerprint density at radius 1 is 1.19 bits per heavy atom. The average molecular weight is 304 g/mol. The maximum absolute atomic E-state index is 6.09. The molecule has 1 N–H and O–H groups in total. The van der Waals surface area contributed by atoms with Crippen molar-refractivity contribution in [2.24, 2.45) is 0 Å². The molecule has 1 aromatic heterocycles. The van der Waals surface area contributed by atoms with Crippen LogP contribution in [0.15, 0.2) is 42.6 Å². The number of aromatic nitrogens is 2. The van der Waals surface area contributed by atoms with Crippen LogP contribution in [0, 0.1) is 0 Å². The van der Waals surface area contributed by atoms with Gasteiger partial charge in [-0.25, -0.2) is 0 Å². The van der Waals surface area contributed by atoms with Gasteiger partial charge in [0.2, 0.25) is 0 Å². The maximum atomic E-state index is 6.09. The number of alkyl halides is 1. The Kier molecular flexibility index (Phi) is 4.94. The van der Waals surface area contributed by atoms with Crippen molar-refractivity contribution in [2.45, 2.75) is 44.3 Å². The minimum absolute atomic E-state index is 0.171. The maximum Gasteiger partial charge on any atom is 0.0762 e. The summed E-state index contributed by atoms with van der Waals surface area (Å²) in [5, 5.41) is 8.20. The monoisotopic (exact) mass is 303 g/mol. The predicted octanol–water partition coefficient (Wildman–Crippen LogP) is 4.07. The van der Waals surface area contributed by atoms with Gasteiger partial charge in [-0.3, -0.25) is 4.68 Å². The third kappa shape index (κ3) is 3.66. The number of halogens is 1. The predicted molar refractivity (Wildman–Crippen MR) is 86.5 cm³/mol. The van der Waals surface area contributed by atoms with Gasteiger partial charge < -0.3 is 5.32 Å². The van der Waals surface area contributed by atoms with Crippen LogP contribution in [0.3, 0.4) is 0 Å². The Hall–Kier alpha value is -1.32. The Bertz CT molecular complexity index is 546. The summed E-state index contributed by atoms with van der Waals surface area (Å²) in [6.45, 7) is 0.756. The number of hydrogen-bond acceptors (Lipinski definition) is 2. The second-order valence-corrected chi connectivity index (χ2v) is 6.03. The van der Waals surface area contributed by atoms with E-state index in [1.165, 1.54) is 31.2 Å². The fourth-order valence-electron chi connectivity index (χ4n) is 3.02. The van der Waals surface area contributed by atoms with Gasteiger partial charge in [-0.15, -0.1) is 11.6 Å². The van der Waals surface area contributed by atoms with Crippen LogP contribution >= 0.6 is 11.6 Å². The zero-order valence-corrected chi connectivity index (χ0v) is 13.0. The molecule has 112 valence electrons. The molecular formula is C17H22ClN3. The molecule has 2 aromatic rings. The van der Waals surface area contributed by atoms with Gasteiger partial charge in [0.15, 0.2) is 0 Å². The van der Waals surface area contributed by atoms with E-state index in [0.717, 1.165) is 12.2 Å². The topological polar surface area (TPSA) is 29.9 Å². The first-order valence-corrected chi connectivity index (χ1v) is 8.28. The lowest BCUT2D eigenvalue weighted by molar-refractivity contribution is 0.458. The molecule has 0 amide bonds. The van der Waals surface area contributed by atoms with Crippen LogP contribution in [0.5, 0.6) is 0 Å². The molecule has 1 aliphatic rings. The molecule has 1 heterocycles. The van der Waals surface area contributed by atoms with Gasteiger partial charge in [-0.1, -0.05) is 43.2 Å². The lowest BCUT2D eigenvalue weighted by Crippen LogP contribution is -2.22. The molecule has 4 heteroatoms. The molecule has 1 aliphatic carbocycles. The second-order valence-electron chi connectivity index (χ2n) is 5.72. The Balaban J connectivity index is 1.59. The van der Waals surface area contributed by atoms with Gasteiger partial charge in [-0.05, 0) is 24.5 Å². The van der Waals surface area contributed by atoms with Crippen LogP contribution in [-0.4, -0.2) is 15.7 Å². The van der Waals surface area contributed by atoms with E-state index in [0.29, 0.717) is 11.9 Å². The van der Waals surface area contributed by atoms with E-state index < -0.39 is 0 Å². The zero-order valence-electron chi connectivity index (χ0n) is 12.2. The quantitative estimate of drug-likeness (QED) is 0.815. The van der Waals surface area contributed by atoms with Crippen LogP contribution in [0.1, 0.15) is 49.0 Å². The van der Waals surface area contributed by atoms with Crippen LogP contribution in [-0.2, 0) is 6.54 Å². The molecule has 21 heavy (non-hydrogen) atoms. The average Bonchev–Trinajstić information content (AvgIpc) is 3.20. The molecule has 3 nitrogen and oxygen atoms in total. The Morgan fingerprint density at radius 2 is 1.95 bits per heavy atom. The standard InChI is InChI=1S/C17H22ClN3/c18-12-17(14-6-2-1-3-7-14)19-13-15-10-11-21(20-15)16-8-4-5-9-16/h1-3,6-7,10-11,16-17,19H,4-5,8-9,12-13H2. The Morgan fingerprint density at radius 3 is 2.67 bits per heavy atom. The summed E-state index contributed by atoms with van der Waals surface area (Å²) in [6, 6.07) is 13.2. The normalized spacial score (nSPS) is 17.2. The summed E-state index contributed by atoms with van der Waals surface area (Å²) >= 11 is 6.09. The minimum atomic E-state index is 0.171. The molecule has 0 aliphatic heterocycles. The van der Waals surface area contributed by atoms with Crippen LogP contribution in [0.2, 0.25) is 0 Å². The van der Waals surface area contributed by atoms with Crippen LogP contribution in [0.4, 0.5) is 0 Å². The van der Waals surface area contributed by atoms with E-state index >= 15 is 0 Å². The SMILES string of the molecule is ClCC(NCc1ccn(C2CCCC2)n1)c1ccccc1. The first kappa shape index (κ1) is 14.6.